The van der Waals surface area contributed by atoms with Gasteiger partial charge < -0.3 is 15.2 Å². The maximum Gasteiger partial charge on any atom is 0.249 e. The second kappa shape index (κ2) is 10.3. The first-order valence-corrected chi connectivity index (χ1v) is 9.10. The van der Waals surface area contributed by atoms with Crippen LogP contribution in [0.15, 0.2) is 48.1 Å². The maximum absolute atomic E-state index is 12.0. The van der Waals surface area contributed by atoms with Crippen molar-refractivity contribution in [3.63, 3.8) is 0 Å². The molecule has 3 N–H and O–H groups in total. The first-order chi connectivity index (χ1) is 13.8. The first kappa shape index (κ1) is 22.0. The lowest BCUT2D eigenvalue weighted by Crippen LogP contribution is -2.24. The summed E-state index contributed by atoms with van der Waals surface area (Å²) < 4.78 is 5.13. The van der Waals surface area contributed by atoms with Crippen molar-refractivity contribution < 1.29 is 19.4 Å². The minimum atomic E-state index is -0.575. The number of nitrogens with one attached hydrogen (secondary N) is 2. The molecule has 2 aromatic rings. The number of benzene rings is 2. The normalized spacial score (nSPS) is 10.6. The minimum absolute atomic E-state index is 0.0291. The molecule has 2 rings (SSSR count). The number of methoxy groups -OCH3 is 1. The Morgan fingerprint density at radius 2 is 2.03 bits per heavy atom. The predicted molar refractivity (Wildman–Crippen MR) is 114 cm³/mol. The highest BCUT2D eigenvalue weighted by molar-refractivity contribution is 6.31. The topological polar surface area (TPSA) is 100 Å². The Labute approximate surface area is 174 Å². The minimum Gasteiger partial charge on any atom is -0.504 e. The van der Waals surface area contributed by atoms with Crippen LogP contribution in [0.3, 0.4) is 0 Å². The van der Waals surface area contributed by atoms with Crippen molar-refractivity contribution in [3.8, 4) is 11.5 Å². The number of carbonyl (C=O) groups excluding carboxylic acids is 2. The smallest absolute Gasteiger partial charge is 0.249 e. The standard InChI is InChI=1S/C21H22ClN3O4/c1-4-5-15-8-14(9-18(29-3)21(15)28)12-23-25-20(27)11-19(26)24-16-7-6-13(2)17(22)10-16/h4,6-10,12,28H,1,5,11H2,2-3H3,(H,24,26)(H,25,27)/b23-12+. The van der Waals surface area contributed by atoms with E-state index in [0.717, 1.165) is 5.56 Å². The number of aryl methyl sites for hydroxylation is 1. The Morgan fingerprint density at radius 1 is 1.28 bits per heavy atom. The third kappa shape index (κ3) is 6.36. The number of rotatable bonds is 8. The molecule has 2 aromatic carbocycles. The molecular formula is C21H22ClN3O4. The largest absolute Gasteiger partial charge is 0.504 e. The van der Waals surface area contributed by atoms with E-state index in [0.29, 0.717) is 28.3 Å². The Kier molecular flexibility index (Phi) is 7.79. The van der Waals surface area contributed by atoms with Gasteiger partial charge in [-0.15, -0.1) is 6.58 Å². The van der Waals surface area contributed by atoms with Crippen LogP contribution in [0.1, 0.15) is 23.1 Å². The molecule has 0 aromatic heterocycles. The molecule has 0 aliphatic heterocycles. The molecule has 0 fully saturated rings. The van der Waals surface area contributed by atoms with Crippen LogP contribution in [0.4, 0.5) is 5.69 Å². The Hall–Kier alpha value is -3.32. The molecule has 0 aliphatic rings. The van der Waals surface area contributed by atoms with Crippen LogP contribution >= 0.6 is 11.6 Å². The number of ether oxygens (including phenoxy) is 1. The summed E-state index contributed by atoms with van der Waals surface area (Å²) in [7, 11) is 1.44. The Balaban J connectivity index is 1.95. The number of hydrogen-bond acceptors (Lipinski definition) is 5. The highest BCUT2D eigenvalue weighted by atomic mass is 35.5. The lowest BCUT2D eigenvalue weighted by Gasteiger charge is -2.09. The molecule has 0 saturated heterocycles. The third-order valence-corrected chi connectivity index (χ3v) is 4.35. The van der Waals surface area contributed by atoms with Gasteiger partial charge in [0.1, 0.15) is 6.42 Å². The highest BCUT2D eigenvalue weighted by Crippen LogP contribution is 2.31. The molecule has 0 unspecified atom stereocenters. The van der Waals surface area contributed by atoms with Gasteiger partial charge in [0.05, 0.1) is 13.3 Å². The zero-order valence-corrected chi connectivity index (χ0v) is 16.9. The van der Waals surface area contributed by atoms with Crippen molar-refractivity contribution in [2.45, 2.75) is 19.8 Å². The SMILES string of the molecule is C=CCc1cc(/C=N/NC(=O)CC(=O)Nc2ccc(C)c(Cl)c2)cc(OC)c1O. The van der Waals surface area contributed by atoms with Gasteiger partial charge in [0.2, 0.25) is 11.8 Å². The number of allylic oxidation sites excluding steroid dienone is 1. The summed E-state index contributed by atoms with van der Waals surface area (Å²) in [5, 5.41) is 17.0. The fourth-order valence-corrected chi connectivity index (χ4v) is 2.65. The fourth-order valence-electron chi connectivity index (χ4n) is 2.47. The summed E-state index contributed by atoms with van der Waals surface area (Å²) in [6, 6.07) is 8.36. The number of nitrogens with zero attached hydrogens (tertiary/aromatic N) is 1. The summed E-state index contributed by atoms with van der Waals surface area (Å²) in [4.78, 5) is 23.9. The Morgan fingerprint density at radius 3 is 2.69 bits per heavy atom. The fraction of sp³-hybridized carbons (Fsp3) is 0.190. The lowest BCUT2D eigenvalue weighted by molar-refractivity contribution is -0.126. The average Bonchev–Trinajstić information content (AvgIpc) is 2.67. The Bertz CT molecular complexity index is 957. The molecule has 0 radical (unpaired) electrons. The summed E-state index contributed by atoms with van der Waals surface area (Å²) in [5.74, 6) is -0.749. The summed E-state index contributed by atoms with van der Waals surface area (Å²) in [5.41, 5.74) is 4.91. The number of anilines is 1. The highest BCUT2D eigenvalue weighted by Gasteiger charge is 2.11. The van der Waals surface area contributed by atoms with Crippen molar-refractivity contribution in [1.82, 2.24) is 5.43 Å². The van der Waals surface area contributed by atoms with Crippen LogP contribution in [0.5, 0.6) is 11.5 Å². The van der Waals surface area contributed by atoms with E-state index in [2.05, 4.69) is 22.4 Å². The van der Waals surface area contributed by atoms with E-state index >= 15 is 0 Å². The number of phenolic OH excluding ortho intramolecular Hbond substituents is 1. The summed E-state index contributed by atoms with van der Waals surface area (Å²) >= 11 is 6.01. The number of hydrazone groups is 1. The second-order valence-electron chi connectivity index (χ2n) is 6.21. The van der Waals surface area contributed by atoms with Crippen molar-refractivity contribution in [2.75, 3.05) is 12.4 Å². The molecule has 2 amide bonds. The van der Waals surface area contributed by atoms with Crippen LogP contribution in [0.25, 0.3) is 0 Å². The molecule has 7 nitrogen and oxygen atoms in total. The number of carbonyl (C=O) groups is 2. The van der Waals surface area contributed by atoms with E-state index < -0.39 is 18.2 Å². The van der Waals surface area contributed by atoms with Gasteiger partial charge in [-0.25, -0.2) is 5.43 Å². The molecule has 152 valence electrons. The van der Waals surface area contributed by atoms with Crippen LogP contribution in [-0.4, -0.2) is 30.2 Å². The molecule has 0 heterocycles. The van der Waals surface area contributed by atoms with Crippen LogP contribution in [0, 0.1) is 6.92 Å². The predicted octanol–water partition coefficient (Wildman–Crippen LogP) is 3.57. The molecule has 0 spiro atoms. The number of phenols is 1. The molecule has 0 saturated carbocycles. The van der Waals surface area contributed by atoms with Gasteiger partial charge in [-0.05, 0) is 48.7 Å². The van der Waals surface area contributed by atoms with Crippen LogP contribution in [-0.2, 0) is 16.0 Å². The lowest BCUT2D eigenvalue weighted by atomic mass is 10.1. The number of amides is 2. The third-order valence-electron chi connectivity index (χ3n) is 3.94. The molecule has 29 heavy (non-hydrogen) atoms. The second-order valence-corrected chi connectivity index (χ2v) is 6.61. The maximum atomic E-state index is 12.0. The van der Waals surface area contributed by atoms with Gasteiger partial charge in [0, 0.05) is 16.3 Å². The van der Waals surface area contributed by atoms with Gasteiger partial charge in [0.15, 0.2) is 11.5 Å². The number of hydrogen-bond donors (Lipinski definition) is 3. The van der Waals surface area contributed by atoms with E-state index in [9.17, 15) is 14.7 Å². The monoisotopic (exact) mass is 415 g/mol. The number of halogens is 1. The van der Waals surface area contributed by atoms with Crippen molar-refractivity contribution >= 4 is 35.3 Å². The van der Waals surface area contributed by atoms with E-state index in [-0.39, 0.29) is 11.5 Å². The molecule has 8 heteroatoms. The quantitative estimate of drug-likeness (QED) is 0.265. The van der Waals surface area contributed by atoms with Crippen molar-refractivity contribution in [3.05, 3.63) is 64.7 Å². The van der Waals surface area contributed by atoms with E-state index in [1.807, 2.05) is 6.92 Å². The van der Waals surface area contributed by atoms with E-state index in [1.54, 1.807) is 36.4 Å². The molecule has 0 aliphatic carbocycles. The van der Waals surface area contributed by atoms with Crippen LogP contribution in [0.2, 0.25) is 5.02 Å². The molecular weight excluding hydrogens is 394 g/mol. The van der Waals surface area contributed by atoms with Gasteiger partial charge in [0.25, 0.3) is 0 Å². The number of aromatic hydroxyl groups is 1. The van der Waals surface area contributed by atoms with Gasteiger partial charge in [-0.3, -0.25) is 9.59 Å². The van der Waals surface area contributed by atoms with Gasteiger partial charge in [-0.1, -0.05) is 23.7 Å². The van der Waals surface area contributed by atoms with Crippen molar-refractivity contribution in [1.29, 1.82) is 0 Å². The van der Waals surface area contributed by atoms with Crippen molar-refractivity contribution in [2.24, 2.45) is 5.10 Å². The van der Waals surface area contributed by atoms with Gasteiger partial charge in [-0.2, -0.15) is 5.10 Å². The molecule has 0 atom stereocenters. The zero-order chi connectivity index (χ0) is 21.4. The van der Waals surface area contributed by atoms with Crippen LogP contribution < -0.4 is 15.5 Å². The summed E-state index contributed by atoms with van der Waals surface area (Å²) in [6.07, 6.45) is 3.09. The molecule has 0 bridgehead atoms. The van der Waals surface area contributed by atoms with Gasteiger partial charge >= 0.3 is 0 Å². The van der Waals surface area contributed by atoms with E-state index in [1.165, 1.54) is 13.3 Å². The zero-order valence-electron chi connectivity index (χ0n) is 16.2. The summed E-state index contributed by atoms with van der Waals surface area (Å²) in [6.45, 7) is 5.50. The van der Waals surface area contributed by atoms with E-state index in [4.69, 9.17) is 16.3 Å². The first-order valence-electron chi connectivity index (χ1n) is 8.72. The average molecular weight is 416 g/mol.